The maximum atomic E-state index is 13.7. The van der Waals surface area contributed by atoms with E-state index in [2.05, 4.69) is 0 Å². The van der Waals surface area contributed by atoms with Crippen molar-refractivity contribution in [1.82, 2.24) is 0 Å². The molecule has 84 valence electrons. The van der Waals surface area contributed by atoms with Gasteiger partial charge in [-0.15, -0.1) is 0 Å². The van der Waals surface area contributed by atoms with Gasteiger partial charge in [-0.2, -0.15) is 0 Å². The number of alkyl halides is 2. The fraction of sp³-hybridized carbons (Fsp3) is 0.455. The molecule has 1 unspecified atom stereocenters. The Labute approximate surface area is 87.1 Å². The molecule has 1 aromatic carbocycles. The summed E-state index contributed by atoms with van der Waals surface area (Å²) in [6.45, 7) is 2.62. The predicted molar refractivity (Wildman–Crippen MR) is 53.4 cm³/mol. The molecule has 1 rings (SSSR count). The van der Waals surface area contributed by atoms with Crippen molar-refractivity contribution in [2.24, 2.45) is 5.73 Å². The average Bonchev–Trinajstić information content (AvgIpc) is 2.15. The highest BCUT2D eigenvalue weighted by Gasteiger charge is 2.29. The third kappa shape index (κ3) is 2.50. The maximum absolute atomic E-state index is 13.7. The Kier molecular flexibility index (Phi) is 3.39. The van der Waals surface area contributed by atoms with Crippen LogP contribution in [0.5, 0.6) is 0 Å². The van der Waals surface area contributed by atoms with Crippen LogP contribution in [-0.4, -0.2) is 6.54 Å². The second-order valence-corrected chi connectivity index (χ2v) is 3.73. The Balaban J connectivity index is 3.23. The van der Waals surface area contributed by atoms with Crippen LogP contribution in [-0.2, 0) is 5.92 Å². The minimum absolute atomic E-state index is 0.232. The third-order valence-corrected chi connectivity index (χ3v) is 2.39. The highest BCUT2D eigenvalue weighted by molar-refractivity contribution is 5.31. The summed E-state index contributed by atoms with van der Waals surface area (Å²) in [6.07, 6.45) is 0. The molecule has 15 heavy (non-hydrogen) atoms. The van der Waals surface area contributed by atoms with Crippen LogP contribution in [0.25, 0.3) is 0 Å². The summed E-state index contributed by atoms with van der Waals surface area (Å²) in [4.78, 5) is 0. The van der Waals surface area contributed by atoms with E-state index in [0.29, 0.717) is 6.92 Å². The van der Waals surface area contributed by atoms with E-state index in [1.807, 2.05) is 0 Å². The number of nitrogens with two attached hydrogens (primary N) is 1. The molecule has 0 spiro atoms. The summed E-state index contributed by atoms with van der Waals surface area (Å²) in [6, 6.07) is 4.02. The predicted octanol–water partition coefficient (Wildman–Crippen LogP) is 3.00. The van der Waals surface area contributed by atoms with Crippen molar-refractivity contribution in [2.45, 2.75) is 25.7 Å². The van der Waals surface area contributed by atoms with Crippen molar-refractivity contribution in [3.63, 3.8) is 0 Å². The van der Waals surface area contributed by atoms with Gasteiger partial charge in [-0.25, -0.2) is 13.2 Å². The van der Waals surface area contributed by atoms with Gasteiger partial charge in [-0.05, 0) is 18.0 Å². The van der Waals surface area contributed by atoms with Crippen LogP contribution in [0.15, 0.2) is 18.2 Å². The van der Waals surface area contributed by atoms with Gasteiger partial charge in [-0.3, -0.25) is 0 Å². The molecular weight excluding hydrogens is 203 g/mol. The monoisotopic (exact) mass is 217 g/mol. The first-order valence-electron chi connectivity index (χ1n) is 4.74. The minimum atomic E-state index is -3.16. The standard InChI is InChI=1S/C11H14F3N/c1-7(6-15)8-4-3-5-9(10(8)12)11(2,13)14/h3-5,7H,6,15H2,1-2H3. The number of benzene rings is 1. The van der Waals surface area contributed by atoms with Crippen molar-refractivity contribution in [3.8, 4) is 0 Å². The van der Waals surface area contributed by atoms with Gasteiger partial charge in [0, 0.05) is 6.92 Å². The van der Waals surface area contributed by atoms with Crippen molar-refractivity contribution >= 4 is 0 Å². The van der Waals surface area contributed by atoms with E-state index < -0.39 is 17.3 Å². The first-order valence-corrected chi connectivity index (χ1v) is 4.74. The lowest BCUT2D eigenvalue weighted by molar-refractivity contribution is 0.0135. The molecule has 0 aliphatic carbocycles. The largest absolute Gasteiger partial charge is 0.330 e. The molecule has 0 bridgehead atoms. The molecule has 1 nitrogen and oxygen atoms in total. The van der Waals surface area contributed by atoms with Gasteiger partial charge in [0.25, 0.3) is 5.92 Å². The molecule has 0 saturated heterocycles. The van der Waals surface area contributed by atoms with Gasteiger partial charge in [0.2, 0.25) is 0 Å². The highest BCUT2D eigenvalue weighted by Crippen LogP contribution is 2.32. The van der Waals surface area contributed by atoms with Crippen LogP contribution < -0.4 is 5.73 Å². The zero-order valence-corrected chi connectivity index (χ0v) is 8.73. The summed E-state index contributed by atoms with van der Waals surface area (Å²) < 4.78 is 39.7. The summed E-state index contributed by atoms with van der Waals surface area (Å²) in [5.74, 6) is -4.26. The zero-order chi connectivity index (χ0) is 11.6. The maximum Gasteiger partial charge on any atom is 0.273 e. The average molecular weight is 217 g/mol. The number of hydrogen-bond donors (Lipinski definition) is 1. The topological polar surface area (TPSA) is 26.0 Å². The molecule has 4 heteroatoms. The summed E-state index contributed by atoms with van der Waals surface area (Å²) >= 11 is 0. The van der Waals surface area contributed by atoms with Crippen molar-refractivity contribution < 1.29 is 13.2 Å². The van der Waals surface area contributed by atoms with E-state index in [9.17, 15) is 13.2 Å². The van der Waals surface area contributed by atoms with E-state index in [1.54, 1.807) is 6.92 Å². The molecule has 0 fully saturated rings. The zero-order valence-electron chi connectivity index (χ0n) is 8.73. The van der Waals surface area contributed by atoms with E-state index in [4.69, 9.17) is 5.73 Å². The SMILES string of the molecule is CC(CN)c1cccc(C(C)(F)F)c1F. The fourth-order valence-electron chi connectivity index (χ4n) is 1.40. The molecule has 2 N–H and O–H groups in total. The Morgan fingerprint density at radius 1 is 1.40 bits per heavy atom. The molecule has 0 saturated carbocycles. The van der Waals surface area contributed by atoms with Crippen molar-refractivity contribution in [3.05, 3.63) is 35.1 Å². The second kappa shape index (κ2) is 4.23. The Morgan fingerprint density at radius 2 is 2.00 bits per heavy atom. The Bertz CT molecular complexity index is 344. The van der Waals surface area contributed by atoms with E-state index in [0.717, 1.165) is 6.07 Å². The van der Waals surface area contributed by atoms with Gasteiger partial charge in [0.05, 0.1) is 5.56 Å². The van der Waals surface area contributed by atoms with Crippen LogP contribution in [0.4, 0.5) is 13.2 Å². The van der Waals surface area contributed by atoms with Gasteiger partial charge >= 0.3 is 0 Å². The minimum Gasteiger partial charge on any atom is -0.330 e. The summed E-state index contributed by atoms with van der Waals surface area (Å²) in [7, 11) is 0. The van der Waals surface area contributed by atoms with Crippen LogP contribution >= 0.6 is 0 Å². The number of rotatable bonds is 3. The molecule has 0 radical (unpaired) electrons. The van der Waals surface area contributed by atoms with Crippen molar-refractivity contribution in [1.29, 1.82) is 0 Å². The summed E-state index contributed by atoms with van der Waals surface area (Å²) in [5, 5.41) is 0. The van der Waals surface area contributed by atoms with Crippen LogP contribution in [0.2, 0.25) is 0 Å². The Morgan fingerprint density at radius 3 is 2.47 bits per heavy atom. The van der Waals surface area contributed by atoms with Gasteiger partial charge < -0.3 is 5.73 Å². The first-order chi connectivity index (χ1) is 6.88. The van der Waals surface area contributed by atoms with E-state index in [1.165, 1.54) is 12.1 Å². The van der Waals surface area contributed by atoms with Gasteiger partial charge in [0.1, 0.15) is 5.82 Å². The highest BCUT2D eigenvalue weighted by atomic mass is 19.3. The lowest BCUT2D eigenvalue weighted by Crippen LogP contribution is -2.15. The molecule has 0 aromatic heterocycles. The normalized spacial score (nSPS) is 14.0. The lowest BCUT2D eigenvalue weighted by atomic mass is 9.96. The van der Waals surface area contributed by atoms with E-state index >= 15 is 0 Å². The Hall–Kier alpha value is -1.03. The molecular formula is C11H14F3N. The number of halogens is 3. The second-order valence-electron chi connectivity index (χ2n) is 3.73. The molecule has 0 heterocycles. The summed E-state index contributed by atoms with van der Waals surface area (Å²) in [5.41, 5.74) is 5.06. The fourth-order valence-corrected chi connectivity index (χ4v) is 1.40. The van der Waals surface area contributed by atoms with Crippen LogP contribution in [0, 0.1) is 5.82 Å². The third-order valence-electron chi connectivity index (χ3n) is 2.39. The first kappa shape index (κ1) is 12.0. The quantitative estimate of drug-likeness (QED) is 0.827. The van der Waals surface area contributed by atoms with Crippen LogP contribution in [0.1, 0.15) is 30.9 Å². The molecule has 0 aliphatic heterocycles. The molecule has 0 aliphatic rings. The number of hydrogen-bond acceptors (Lipinski definition) is 1. The van der Waals surface area contributed by atoms with Gasteiger partial charge in [-0.1, -0.05) is 25.1 Å². The smallest absolute Gasteiger partial charge is 0.273 e. The van der Waals surface area contributed by atoms with E-state index in [-0.39, 0.29) is 18.0 Å². The van der Waals surface area contributed by atoms with Gasteiger partial charge in [0.15, 0.2) is 0 Å². The van der Waals surface area contributed by atoms with Crippen molar-refractivity contribution in [2.75, 3.05) is 6.54 Å². The molecule has 0 amide bonds. The lowest BCUT2D eigenvalue weighted by Gasteiger charge is -2.16. The van der Waals surface area contributed by atoms with Crippen LogP contribution in [0.3, 0.4) is 0 Å². The molecule has 1 aromatic rings. The molecule has 1 atom stereocenters.